The highest BCUT2D eigenvalue weighted by Crippen LogP contribution is 2.17. The maximum atomic E-state index is 12.9. The summed E-state index contributed by atoms with van der Waals surface area (Å²) in [5, 5.41) is 4.49. The van der Waals surface area contributed by atoms with Gasteiger partial charge in [-0.25, -0.2) is 9.67 Å². The summed E-state index contributed by atoms with van der Waals surface area (Å²) in [4.78, 5) is 19.0. The predicted octanol–water partition coefficient (Wildman–Crippen LogP) is 2.73. The van der Waals surface area contributed by atoms with Gasteiger partial charge < -0.3 is 9.47 Å². The lowest BCUT2D eigenvalue weighted by molar-refractivity contribution is 0.0745. The quantitative estimate of drug-likeness (QED) is 0.723. The molecule has 1 aliphatic rings. The fourth-order valence-corrected chi connectivity index (χ4v) is 3.38. The molecule has 25 heavy (non-hydrogen) atoms. The Labute approximate surface area is 146 Å². The second-order valence-electron chi connectivity index (χ2n) is 6.54. The zero-order chi connectivity index (χ0) is 17.4. The SMILES string of the molecule is Cc1cc(C)n(-c2ccc(C(=O)N3CCCn4cncc4C3)cc2)n1. The minimum Gasteiger partial charge on any atom is -0.333 e. The van der Waals surface area contributed by atoms with Crippen molar-refractivity contribution in [2.45, 2.75) is 33.4 Å². The molecule has 3 aromatic rings. The molecule has 0 atom stereocenters. The standard InChI is InChI=1S/C19H21N5O/c1-14-10-15(2)24(21-14)17-6-4-16(5-7-17)19(25)22-8-3-9-23-13-20-11-18(23)12-22/h4-7,10-11,13H,3,8-9,12H2,1-2H3. The molecule has 0 aliphatic carbocycles. The molecule has 0 fully saturated rings. The summed E-state index contributed by atoms with van der Waals surface area (Å²) in [6.45, 7) is 6.29. The highest BCUT2D eigenvalue weighted by atomic mass is 16.2. The Morgan fingerprint density at radius 1 is 1.12 bits per heavy atom. The van der Waals surface area contributed by atoms with E-state index in [0.717, 1.165) is 42.3 Å². The molecule has 6 heteroatoms. The van der Waals surface area contributed by atoms with Crippen LogP contribution in [0.25, 0.3) is 5.69 Å². The van der Waals surface area contributed by atoms with Gasteiger partial charge in [-0.15, -0.1) is 0 Å². The van der Waals surface area contributed by atoms with E-state index in [-0.39, 0.29) is 5.91 Å². The van der Waals surface area contributed by atoms with Crippen LogP contribution in [0.1, 0.15) is 33.9 Å². The largest absolute Gasteiger partial charge is 0.333 e. The summed E-state index contributed by atoms with van der Waals surface area (Å²) in [5.41, 5.74) is 4.83. The Balaban J connectivity index is 1.56. The molecule has 0 N–H and O–H groups in total. The first-order valence-corrected chi connectivity index (χ1v) is 8.54. The van der Waals surface area contributed by atoms with Crippen LogP contribution in [0, 0.1) is 13.8 Å². The smallest absolute Gasteiger partial charge is 0.254 e. The number of amides is 1. The molecular weight excluding hydrogens is 314 g/mol. The van der Waals surface area contributed by atoms with Crippen LogP contribution in [-0.4, -0.2) is 36.7 Å². The van der Waals surface area contributed by atoms with Crippen molar-refractivity contribution in [2.75, 3.05) is 6.54 Å². The van der Waals surface area contributed by atoms with Gasteiger partial charge in [0, 0.05) is 30.5 Å². The number of aryl methyl sites for hydroxylation is 3. The molecule has 0 unspecified atom stereocenters. The highest BCUT2D eigenvalue weighted by Gasteiger charge is 2.20. The van der Waals surface area contributed by atoms with Crippen molar-refractivity contribution < 1.29 is 4.79 Å². The minimum absolute atomic E-state index is 0.0644. The Bertz CT molecular complexity index is 906. The summed E-state index contributed by atoms with van der Waals surface area (Å²) in [6, 6.07) is 9.72. The van der Waals surface area contributed by atoms with E-state index in [9.17, 15) is 4.79 Å². The van der Waals surface area contributed by atoms with Gasteiger partial charge in [0.05, 0.1) is 29.9 Å². The minimum atomic E-state index is 0.0644. The molecule has 0 bridgehead atoms. The number of carbonyl (C=O) groups excluding carboxylic acids is 1. The lowest BCUT2D eigenvalue weighted by atomic mass is 10.1. The van der Waals surface area contributed by atoms with Gasteiger partial charge in [0.1, 0.15) is 0 Å². The Kier molecular flexibility index (Phi) is 3.87. The monoisotopic (exact) mass is 335 g/mol. The number of carbonyl (C=O) groups is 1. The van der Waals surface area contributed by atoms with Gasteiger partial charge in [-0.3, -0.25) is 4.79 Å². The third-order valence-electron chi connectivity index (χ3n) is 4.63. The van der Waals surface area contributed by atoms with Crippen molar-refractivity contribution >= 4 is 5.91 Å². The fraction of sp³-hybridized carbons (Fsp3) is 0.316. The molecule has 1 aliphatic heterocycles. The zero-order valence-corrected chi connectivity index (χ0v) is 14.5. The summed E-state index contributed by atoms with van der Waals surface area (Å²) >= 11 is 0. The van der Waals surface area contributed by atoms with E-state index in [2.05, 4.69) is 14.6 Å². The number of benzene rings is 1. The number of nitrogens with zero attached hydrogens (tertiary/aromatic N) is 5. The molecule has 4 rings (SSSR count). The van der Waals surface area contributed by atoms with E-state index < -0.39 is 0 Å². The highest BCUT2D eigenvalue weighted by molar-refractivity contribution is 5.94. The first-order chi connectivity index (χ1) is 12.1. The third-order valence-corrected chi connectivity index (χ3v) is 4.63. The predicted molar refractivity (Wildman–Crippen MR) is 94.6 cm³/mol. The van der Waals surface area contributed by atoms with Crippen molar-refractivity contribution in [1.82, 2.24) is 24.2 Å². The lowest BCUT2D eigenvalue weighted by Crippen LogP contribution is -2.30. The molecule has 2 aromatic heterocycles. The van der Waals surface area contributed by atoms with Gasteiger partial charge in [0.2, 0.25) is 0 Å². The average Bonchev–Trinajstić information content (AvgIpc) is 3.13. The van der Waals surface area contributed by atoms with Crippen LogP contribution in [0.15, 0.2) is 42.9 Å². The van der Waals surface area contributed by atoms with Gasteiger partial charge in [0.25, 0.3) is 5.91 Å². The van der Waals surface area contributed by atoms with Crippen LogP contribution in [0.5, 0.6) is 0 Å². The van der Waals surface area contributed by atoms with Crippen molar-refractivity contribution in [2.24, 2.45) is 0 Å². The van der Waals surface area contributed by atoms with E-state index in [1.54, 1.807) is 0 Å². The fourth-order valence-electron chi connectivity index (χ4n) is 3.38. The molecule has 1 amide bonds. The van der Waals surface area contributed by atoms with Gasteiger partial charge in [-0.1, -0.05) is 0 Å². The van der Waals surface area contributed by atoms with E-state index in [4.69, 9.17) is 0 Å². The first-order valence-electron chi connectivity index (χ1n) is 8.54. The van der Waals surface area contributed by atoms with Crippen molar-refractivity contribution in [1.29, 1.82) is 0 Å². The molecule has 6 nitrogen and oxygen atoms in total. The Morgan fingerprint density at radius 2 is 1.92 bits per heavy atom. The van der Waals surface area contributed by atoms with Gasteiger partial charge in [0.15, 0.2) is 0 Å². The van der Waals surface area contributed by atoms with Crippen molar-refractivity contribution in [3.63, 3.8) is 0 Å². The van der Waals surface area contributed by atoms with Gasteiger partial charge in [-0.2, -0.15) is 5.10 Å². The van der Waals surface area contributed by atoms with Crippen LogP contribution in [0.4, 0.5) is 0 Å². The van der Waals surface area contributed by atoms with E-state index in [0.29, 0.717) is 12.1 Å². The van der Waals surface area contributed by atoms with Gasteiger partial charge >= 0.3 is 0 Å². The van der Waals surface area contributed by atoms with Crippen LogP contribution in [0.3, 0.4) is 0 Å². The Morgan fingerprint density at radius 3 is 2.64 bits per heavy atom. The summed E-state index contributed by atoms with van der Waals surface area (Å²) < 4.78 is 4.02. The zero-order valence-electron chi connectivity index (χ0n) is 14.5. The molecule has 0 radical (unpaired) electrons. The number of aromatic nitrogens is 4. The van der Waals surface area contributed by atoms with Crippen LogP contribution in [0.2, 0.25) is 0 Å². The number of imidazole rings is 1. The summed E-state index contributed by atoms with van der Waals surface area (Å²) in [7, 11) is 0. The maximum absolute atomic E-state index is 12.9. The topological polar surface area (TPSA) is 56.0 Å². The third kappa shape index (κ3) is 2.95. The molecule has 0 spiro atoms. The number of fused-ring (bicyclic) bond motifs is 1. The van der Waals surface area contributed by atoms with E-state index in [1.165, 1.54) is 0 Å². The normalized spacial score (nSPS) is 14.2. The van der Waals surface area contributed by atoms with Crippen molar-refractivity contribution in [3.05, 3.63) is 65.5 Å². The molecule has 0 saturated heterocycles. The molecule has 0 saturated carbocycles. The maximum Gasteiger partial charge on any atom is 0.254 e. The average molecular weight is 335 g/mol. The van der Waals surface area contributed by atoms with Crippen LogP contribution >= 0.6 is 0 Å². The van der Waals surface area contributed by atoms with E-state index in [1.807, 2.05) is 66.3 Å². The molecule has 3 heterocycles. The van der Waals surface area contributed by atoms with Crippen LogP contribution < -0.4 is 0 Å². The number of hydrogen-bond donors (Lipinski definition) is 0. The second kappa shape index (κ2) is 6.20. The van der Waals surface area contributed by atoms with E-state index >= 15 is 0 Å². The second-order valence-corrected chi connectivity index (χ2v) is 6.54. The summed E-state index contributed by atoms with van der Waals surface area (Å²) in [6.07, 6.45) is 4.63. The lowest BCUT2D eigenvalue weighted by Gasteiger charge is -2.20. The Hall–Kier alpha value is -2.89. The summed E-state index contributed by atoms with van der Waals surface area (Å²) in [5.74, 6) is 0.0644. The van der Waals surface area contributed by atoms with Crippen molar-refractivity contribution in [3.8, 4) is 5.69 Å². The van der Waals surface area contributed by atoms with Crippen LogP contribution in [-0.2, 0) is 13.1 Å². The molecule has 1 aromatic carbocycles. The number of rotatable bonds is 2. The first kappa shape index (κ1) is 15.6. The molecule has 128 valence electrons. The number of hydrogen-bond acceptors (Lipinski definition) is 3. The molecular formula is C19H21N5O. The van der Waals surface area contributed by atoms with Gasteiger partial charge in [-0.05, 0) is 50.6 Å².